The molecule has 2 aliphatic carbocycles. The summed E-state index contributed by atoms with van der Waals surface area (Å²) in [6.07, 6.45) is 6.85. The average molecular weight is 402 g/mol. The summed E-state index contributed by atoms with van der Waals surface area (Å²) in [5.41, 5.74) is -0.985. The lowest BCUT2D eigenvalue weighted by molar-refractivity contribution is -0.158. The fraction of sp³-hybridized carbons (Fsp3) is 0.609. The molecule has 1 heterocycles. The number of rotatable bonds is 1. The molecular formula is C23H30O6. The van der Waals surface area contributed by atoms with Crippen LogP contribution in [0.15, 0.2) is 34.6 Å². The Morgan fingerprint density at radius 3 is 2.52 bits per heavy atom. The second-order valence-corrected chi connectivity index (χ2v) is 9.07. The predicted molar refractivity (Wildman–Crippen MR) is 107 cm³/mol. The van der Waals surface area contributed by atoms with E-state index in [2.05, 4.69) is 13.8 Å². The summed E-state index contributed by atoms with van der Waals surface area (Å²) in [5, 5.41) is 20.3. The number of hydrogen-bond donors (Lipinski definition) is 2. The van der Waals surface area contributed by atoms with E-state index < -0.39 is 35.2 Å². The van der Waals surface area contributed by atoms with Gasteiger partial charge >= 0.3 is 11.9 Å². The van der Waals surface area contributed by atoms with E-state index in [-0.39, 0.29) is 29.2 Å². The molecule has 1 fully saturated rings. The summed E-state index contributed by atoms with van der Waals surface area (Å²) in [6.45, 7) is 7.64. The highest BCUT2D eigenvalue weighted by Gasteiger charge is 2.59. The zero-order valence-corrected chi connectivity index (χ0v) is 17.5. The number of carboxylic acids is 1. The van der Waals surface area contributed by atoms with Crippen LogP contribution in [0.2, 0.25) is 0 Å². The van der Waals surface area contributed by atoms with Crippen molar-refractivity contribution in [1.29, 1.82) is 0 Å². The van der Waals surface area contributed by atoms with Crippen molar-refractivity contribution in [2.45, 2.75) is 65.4 Å². The first-order chi connectivity index (χ1) is 13.6. The lowest BCUT2D eigenvalue weighted by Crippen LogP contribution is -2.48. The van der Waals surface area contributed by atoms with Crippen molar-refractivity contribution in [3.63, 3.8) is 0 Å². The predicted octanol–water partition coefficient (Wildman–Crippen LogP) is 4.12. The Kier molecular flexibility index (Phi) is 5.74. The van der Waals surface area contributed by atoms with Crippen LogP contribution in [0.25, 0.3) is 0 Å². The molecule has 3 rings (SSSR count). The molecule has 158 valence electrons. The molecule has 6 heteroatoms. The summed E-state index contributed by atoms with van der Waals surface area (Å²) in [6, 6.07) is 0. The Labute approximate surface area is 171 Å². The molecule has 0 aromatic rings. The number of hydrogen-bond acceptors (Lipinski definition) is 5. The Morgan fingerprint density at radius 1 is 1.17 bits per heavy atom. The Bertz CT molecular complexity index is 832. The number of ketones is 1. The van der Waals surface area contributed by atoms with E-state index in [1.807, 2.05) is 6.08 Å². The number of aliphatic carboxylic acids is 1. The number of aliphatic hydroxyl groups excluding tert-OH is 1. The van der Waals surface area contributed by atoms with E-state index in [4.69, 9.17) is 4.74 Å². The van der Waals surface area contributed by atoms with Gasteiger partial charge in [-0.15, -0.1) is 0 Å². The van der Waals surface area contributed by atoms with Gasteiger partial charge in [-0.25, -0.2) is 9.59 Å². The number of allylic oxidation sites excluding steroid dienone is 2. The molecular weight excluding hydrogens is 372 g/mol. The van der Waals surface area contributed by atoms with Crippen LogP contribution in [0.5, 0.6) is 0 Å². The minimum Gasteiger partial charge on any atom is -0.507 e. The molecule has 0 amide bonds. The Balaban J connectivity index is 2.15. The minimum absolute atomic E-state index is 0.117. The van der Waals surface area contributed by atoms with Crippen molar-refractivity contribution in [2.24, 2.45) is 23.7 Å². The van der Waals surface area contributed by atoms with Crippen molar-refractivity contribution >= 4 is 17.7 Å². The van der Waals surface area contributed by atoms with Gasteiger partial charge in [0.2, 0.25) is 5.78 Å². The molecule has 0 radical (unpaired) electrons. The van der Waals surface area contributed by atoms with Crippen LogP contribution in [0.1, 0.15) is 59.8 Å². The van der Waals surface area contributed by atoms with Crippen LogP contribution in [0.4, 0.5) is 0 Å². The number of ether oxygens (including phenoxy) is 1. The molecule has 5 atom stereocenters. The quantitative estimate of drug-likeness (QED) is 0.505. The van der Waals surface area contributed by atoms with Crippen LogP contribution in [0, 0.1) is 23.7 Å². The second-order valence-electron chi connectivity index (χ2n) is 9.07. The fourth-order valence-electron chi connectivity index (χ4n) is 5.19. The Hall–Kier alpha value is -2.37. The van der Waals surface area contributed by atoms with Gasteiger partial charge in [0.25, 0.3) is 0 Å². The molecule has 1 saturated heterocycles. The van der Waals surface area contributed by atoms with E-state index >= 15 is 0 Å². The number of Topliss-reactive ketones (excluding diaryl/α,β-unsaturated/α-hetero) is 1. The molecule has 0 aromatic carbocycles. The van der Waals surface area contributed by atoms with E-state index in [1.165, 1.54) is 0 Å². The van der Waals surface area contributed by atoms with Crippen LogP contribution in [0.3, 0.4) is 0 Å². The number of carbonyl (C=O) groups is 3. The molecule has 1 spiro atoms. The van der Waals surface area contributed by atoms with Gasteiger partial charge in [0.1, 0.15) is 11.3 Å². The average Bonchev–Trinajstić information content (AvgIpc) is 2.85. The van der Waals surface area contributed by atoms with Crippen LogP contribution in [-0.2, 0) is 19.1 Å². The van der Waals surface area contributed by atoms with E-state index in [1.54, 1.807) is 19.9 Å². The highest BCUT2D eigenvalue weighted by Crippen LogP contribution is 2.48. The van der Waals surface area contributed by atoms with Crippen molar-refractivity contribution in [3.8, 4) is 0 Å². The summed E-state index contributed by atoms with van der Waals surface area (Å²) in [4.78, 5) is 37.8. The SMILES string of the molecule is CC1=C[C@H](C)C[C@H](C)CCC[C@H]2C=C(C(=O)O)[C@@H](C)C[C@]23OC(=O)C(=C1O)C3=O. The van der Waals surface area contributed by atoms with Gasteiger partial charge in [0, 0.05) is 17.9 Å². The summed E-state index contributed by atoms with van der Waals surface area (Å²) >= 11 is 0. The monoisotopic (exact) mass is 402 g/mol. The summed E-state index contributed by atoms with van der Waals surface area (Å²) < 4.78 is 5.67. The van der Waals surface area contributed by atoms with Crippen LogP contribution in [-0.4, -0.2) is 33.5 Å². The second kappa shape index (κ2) is 7.81. The van der Waals surface area contributed by atoms with Gasteiger partial charge in [0.15, 0.2) is 5.60 Å². The smallest absolute Gasteiger partial charge is 0.346 e. The van der Waals surface area contributed by atoms with Gasteiger partial charge in [-0.05, 0) is 43.1 Å². The largest absolute Gasteiger partial charge is 0.507 e. The van der Waals surface area contributed by atoms with Crippen molar-refractivity contribution in [1.82, 2.24) is 0 Å². The van der Waals surface area contributed by atoms with Crippen molar-refractivity contribution in [3.05, 3.63) is 34.6 Å². The van der Waals surface area contributed by atoms with E-state index in [0.717, 1.165) is 19.3 Å². The number of carbonyl (C=O) groups excluding carboxylic acids is 2. The lowest BCUT2D eigenvalue weighted by Gasteiger charge is -2.39. The summed E-state index contributed by atoms with van der Waals surface area (Å²) in [7, 11) is 0. The van der Waals surface area contributed by atoms with Gasteiger partial charge in [0.05, 0.1) is 0 Å². The first-order valence-electron chi connectivity index (χ1n) is 10.4. The van der Waals surface area contributed by atoms with Crippen molar-refractivity contribution in [2.75, 3.05) is 0 Å². The molecule has 0 saturated carbocycles. The summed E-state index contributed by atoms with van der Waals surface area (Å²) in [5.74, 6) is -2.98. The molecule has 2 bridgehead atoms. The zero-order valence-electron chi connectivity index (χ0n) is 17.5. The lowest BCUT2D eigenvalue weighted by atomic mass is 9.68. The number of carboxylic acid groups (broad SMARTS) is 1. The van der Waals surface area contributed by atoms with Crippen molar-refractivity contribution < 1.29 is 29.3 Å². The number of aliphatic hydroxyl groups is 1. The molecule has 3 aliphatic rings. The molecule has 1 aliphatic heterocycles. The molecule has 29 heavy (non-hydrogen) atoms. The molecule has 0 aromatic heterocycles. The highest BCUT2D eigenvalue weighted by atomic mass is 16.6. The zero-order chi connectivity index (χ0) is 21.5. The van der Waals surface area contributed by atoms with E-state index in [9.17, 15) is 24.6 Å². The highest BCUT2D eigenvalue weighted by molar-refractivity contribution is 6.26. The third kappa shape index (κ3) is 3.77. The first kappa shape index (κ1) is 21.3. The maximum absolute atomic E-state index is 13.4. The van der Waals surface area contributed by atoms with Gasteiger partial charge in [-0.2, -0.15) is 0 Å². The maximum Gasteiger partial charge on any atom is 0.346 e. The normalized spacial score (nSPS) is 36.1. The Morgan fingerprint density at radius 2 is 1.86 bits per heavy atom. The molecule has 2 N–H and O–H groups in total. The number of fused-ring (bicyclic) bond motifs is 1. The molecule has 6 nitrogen and oxygen atoms in total. The van der Waals surface area contributed by atoms with Gasteiger partial charge in [-0.3, -0.25) is 4.79 Å². The first-order valence-corrected chi connectivity index (χ1v) is 10.4. The number of esters is 1. The fourth-order valence-corrected chi connectivity index (χ4v) is 5.19. The van der Waals surface area contributed by atoms with Crippen LogP contribution < -0.4 is 0 Å². The van der Waals surface area contributed by atoms with Gasteiger partial charge < -0.3 is 14.9 Å². The molecule has 0 unspecified atom stereocenters. The standard InChI is InChI=1S/C23H30O6/c1-12-6-5-7-16-10-17(21(26)27)15(4)11-23(16)20(25)18(22(28)29-23)19(24)14(3)9-13(2)8-12/h9-10,12-13,15-16,24H,5-8,11H2,1-4H3,(H,26,27)/t12-,13-,15+,16+,23+/m1/s1. The van der Waals surface area contributed by atoms with E-state index in [0.29, 0.717) is 17.9 Å². The van der Waals surface area contributed by atoms with Crippen LogP contribution >= 0.6 is 0 Å². The third-order valence-electron chi connectivity index (χ3n) is 6.59. The minimum atomic E-state index is -1.43. The third-order valence-corrected chi connectivity index (χ3v) is 6.59. The van der Waals surface area contributed by atoms with Gasteiger partial charge in [-0.1, -0.05) is 45.8 Å². The maximum atomic E-state index is 13.4. The topological polar surface area (TPSA) is 101 Å².